The topological polar surface area (TPSA) is 122 Å². The molecular formula is C23H15FN8. The van der Waals surface area contributed by atoms with Crippen molar-refractivity contribution in [2.75, 3.05) is 5.73 Å². The van der Waals surface area contributed by atoms with Crippen LogP contribution in [0.5, 0.6) is 0 Å². The fourth-order valence-electron chi connectivity index (χ4n) is 3.72. The maximum atomic E-state index is 13.4. The second-order valence-corrected chi connectivity index (χ2v) is 7.34. The molecule has 6 rings (SSSR count). The van der Waals surface area contributed by atoms with Gasteiger partial charge < -0.3 is 10.7 Å². The summed E-state index contributed by atoms with van der Waals surface area (Å²) in [5.74, 6) is 0.289. The molecule has 0 saturated heterocycles. The third-order valence-electron chi connectivity index (χ3n) is 5.25. The molecule has 0 bridgehead atoms. The van der Waals surface area contributed by atoms with E-state index in [1.807, 2.05) is 18.2 Å². The predicted molar refractivity (Wildman–Crippen MR) is 120 cm³/mol. The maximum absolute atomic E-state index is 13.4. The number of halogens is 1. The van der Waals surface area contributed by atoms with Crippen LogP contribution in [0.25, 0.3) is 56.0 Å². The molecule has 154 valence electrons. The average Bonchev–Trinajstić information content (AvgIpc) is 3.43. The monoisotopic (exact) mass is 422 g/mol. The van der Waals surface area contributed by atoms with Crippen molar-refractivity contribution in [3.8, 4) is 34.0 Å². The summed E-state index contributed by atoms with van der Waals surface area (Å²) < 4.78 is 13.4. The summed E-state index contributed by atoms with van der Waals surface area (Å²) >= 11 is 0. The van der Waals surface area contributed by atoms with Crippen LogP contribution < -0.4 is 5.73 Å². The number of fused-ring (bicyclic) bond motifs is 2. The summed E-state index contributed by atoms with van der Waals surface area (Å²) in [4.78, 5) is 21.2. The van der Waals surface area contributed by atoms with Crippen molar-refractivity contribution in [1.29, 1.82) is 0 Å². The Kier molecular flexibility index (Phi) is 3.94. The highest BCUT2D eigenvalue weighted by molar-refractivity contribution is 5.96. The molecule has 8 nitrogen and oxygen atoms in total. The van der Waals surface area contributed by atoms with E-state index in [4.69, 9.17) is 10.7 Å². The van der Waals surface area contributed by atoms with Gasteiger partial charge in [0.25, 0.3) is 0 Å². The number of rotatable bonds is 3. The maximum Gasteiger partial charge on any atom is 0.159 e. The SMILES string of the molecule is Nc1cncc(-c2cc3c(-c4nc5c(-c6ccc(F)cc6)nccc5[nH]4)n[nH]c3cn2)c1. The number of pyridine rings is 3. The van der Waals surface area contributed by atoms with Crippen molar-refractivity contribution >= 4 is 27.6 Å². The van der Waals surface area contributed by atoms with Crippen molar-refractivity contribution in [3.05, 3.63) is 73.1 Å². The molecule has 0 aliphatic carbocycles. The molecule has 32 heavy (non-hydrogen) atoms. The average molecular weight is 422 g/mol. The van der Waals surface area contributed by atoms with Gasteiger partial charge in [-0.1, -0.05) is 0 Å². The van der Waals surface area contributed by atoms with Crippen LogP contribution in [-0.2, 0) is 0 Å². The largest absolute Gasteiger partial charge is 0.397 e. The lowest BCUT2D eigenvalue weighted by atomic mass is 10.1. The highest BCUT2D eigenvalue weighted by Crippen LogP contribution is 2.31. The van der Waals surface area contributed by atoms with Gasteiger partial charge in [0.05, 0.1) is 34.3 Å². The van der Waals surface area contributed by atoms with Gasteiger partial charge in [-0.05, 0) is 42.5 Å². The molecule has 0 atom stereocenters. The quantitative estimate of drug-likeness (QED) is 0.390. The minimum atomic E-state index is -0.300. The normalized spacial score (nSPS) is 11.4. The van der Waals surface area contributed by atoms with Crippen molar-refractivity contribution in [2.24, 2.45) is 0 Å². The number of nitrogens with one attached hydrogen (secondary N) is 2. The lowest BCUT2D eigenvalue weighted by Gasteiger charge is -2.02. The first-order valence-electron chi connectivity index (χ1n) is 9.82. The number of aromatic nitrogens is 7. The standard InChI is InChI=1S/C23H15FN8/c24-14-3-1-12(2-4-14)20-22-17(5-6-27-20)29-23(30-22)21-16-8-18(28-11-19(16)31-32-21)13-7-15(25)10-26-9-13/h1-11H,25H2,(H,29,30)(H,31,32). The van der Waals surface area contributed by atoms with E-state index in [2.05, 4.69) is 30.1 Å². The zero-order valence-electron chi connectivity index (χ0n) is 16.5. The molecule has 1 aromatic carbocycles. The predicted octanol–water partition coefficient (Wildman–Crippen LogP) is 4.35. The van der Waals surface area contributed by atoms with Gasteiger partial charge in [-0.3, -0.25) is 20.1 Å². The van der Waals surface area contributed by atoms with Crippen LogP contribution in [0.15, 0.2) is 67.3 Å². The zero-order chi connectivity index (χ0) is 21.7. The molecule has 9 heteroatoms. The number of hydrogen-bond donors (Lipinski definition) is 3. The van der Waals surface area contributed by atoms with E-state index < -0.39 is 0 Å². The Morgan fingerprint density at radius 2 is 1.72 bits per heavy atom. The van der Waals surface area contributed by atoms with Crippen LogP contribution in [0, 0.1) is 5.82 Å². The van der Waals surface area contributed by atoms with Crippen LogP contribution >= 0.6 is 0 Å². The number of nitrogens with two attached hydrogens (primary N) is 1. The van der Waals surface area contributed by atoms with Gasteiger partial charge >= 0.3 is 0 Å². The fraction of sp³-hybridized carbons (Fsp3) is 0. The van der Waals surface area contributed by atoms with Crippen LogP contribution in [0.2, 0.25) is 0 Å². The summed E-state index contributed by atoms with van der Waals surface area (Å²) in [6.45, 7) is 0. The molecule has 4 N–H and O–H groups in total. The lowest BCUT2D eigenvalue weighted by Crippen LogP contribution is -1.90. The fourth-order valence-corrected chi connectivity index (χ4v) is 3.72. The third kappa shape index (κ3) is 2.95. The Bertz CT molecular complexity index is 1600. The summed E-state index contributed by atoms with van der Waals surface area (Å²) in [6.07, 6.45) is 6.72. The number of imidazole rings is 1. The number of hydrogen-bond acceptors (Lipinski definition) is 6. The van der Waals surface area contributed by atoms with Crippen LogP contribution in [0.3, 0.4) is 0 Å². The summed E-state index contributed by atoms with van der Waals surface area (Å²) in [5, 5.41) is 8.32. The Labute approximate surface area is 180 Å². The highest BCUT2D eigenvalue weighted by atomic mass is 19.1. The van der Waals surface area contributed by atoms with Crippen LogP contribution in [-0.4, -0.2) is 35.1 Å². The molecule has 6 aromatic rings. The number of aromatic amines is 2. The van der Waals surface area contributed by atoms with E-state index in [0.717, 1.165) is 33.2 Å². The summed E-state index contributed by atoms with van der Waals surface area (Å²) in [7, 11) is 0. The van der Waals surface area contributed by atoms with E-state index in [9.17, 15) is 4.39 Å². The molecular weight excluding hydrogens is 407 g/mol. The molecule has 5 aromatic heterocycles. The second-order valence-electron chi connectivity index (χ2n) is 7.34. The Morgan fingerprint density at radius 1 is 0.844 bits per heavy atom. The Hall–Kier alpha value is -4.66. The van der Waals surface area contributed by atoms with Gasteiger partial charge in [0.15, 0.2) is 5.82 Å². The molecule has 0 saturated carbocycles. The third-order valence-corrected chi connectivity index (χ3v) is 5.25. The first kappa shape index (κ1) is 18.1. The van der Waals surface area contributed by atoms with Crippen LogP contribution in [0.1, 0.15) is 0 Å². The Morgan fingerprint density at radius 3 is 2.56 bits per heavy atom. The number of nitrogen functional groups attached to an aromatic ring is 1. The number of benzene rings is 1. The van der Waals surface area contributed by atoms with Gasteiger partial charge in [-0.25, -0.2) is 9.37 Å². The van der Waals surface area contributed by atoms with Gasteiger partial charge in [0.2, 0.25) is 0 Å². The van der Waals surface area contributed by atoms with E-state index in [1.165, 1.54) is 12.1 Å². The minimum Gasteiger partial charge on any atom is -0.397 e. The van der Waals surface area contributed by atoms with Crippen LogP contribution in [0.4, 0.5) is 10.1 Å². The minimum absolute atomic E-state index is 0.300. The van der Waals surface area contributed by atoms with Crippen molar-refractivity contribution in [2.45, 2.75) is 0 Å². The smallest absolute Gasteiger partial charge is 0.159 e. The van der Waals surface area contributed by atoms with Gasteiger partial charge in [-0.2, -0.15) is 5.10 Å². The summed E-state index contributed by atoms with van der Waals surface area (Å²) in [6, 6.07) is 11.8. The lowest BCUT2D eigenvalue weighted by molar-refractivity contribution is 0.628. The van der Waals surface area contributed by atoms with E-state index in [1.54, 1.807) is 36.9 Å². The van der Waals surface area contributed by atoms with Crippen molar-refractivity contribution in [1.82, 2.24) is 35.1 Å². The molecule has 5 heterocycles. The second kappa shape index (κ2) is 6.95. The zero-order valence-corrected chi connectivity index (χ0v) is 16.5. The molecule has 0 spiro atoms. The molecule has 0 aliphatic rings. The Balaban J connectivity index is 1.50. The van der Waals surface area contributed by atoms with Gasteiger partial charge in [0.1, 0.15) is 17.0 Å². The van der Waals surface area contributed by atoms with Gasteiger partial charge in [0, 0.05) is 35.1 Å². The first-order valence-corrected chi connectivity index (χ1v) is 9.82. The van der Waals surface area contributed by atoms with Gasteiger partial charge in [-0.15, -0.1) is 0 Å². The summed E-state index contributed by atoms with van der Waals surface area (Å²) in [5.41, 5.74) is 12.3. The molecule has 0 amide bonds. The van der Waals surface area contributed by atoms with E-state index >= 15 is 0 Å². The number of nitrogens with zero attached hydrogens (tertiary/aromatic N) is 5. The van der Waals surface area contributed by atoms with Crippen molar-refractivity contribution < 1.29 is 4.39 Å². The highest BCUT2D eigenvalue weighted by Gasteiger charge is 2.17. The molecule has 0 radical (unpaired) electrons. The molecule has 0 aliphatic heterocycles. The number of anilines is 1. The first-order chi connectivity index (χ1) is 15.7. The number of H-pyrrole nitrogens is 2. The van der Waals surface area contributed by atoms with Crippen molar-refractivity contribution in [3.63, 3.8) is 0 Å². The molecule has 0 unspecified atom stereocenters. The van der Waals surface area contributed by atoms with E-state index in [-0.39, 0.29) is 5.82 Å². The van der Waals surface area contributed by atoms with E-state index in [0.29, 0.717) is 28.4 Å². The molecule has 0 fully saturated rings.